The summed E-state index contributed by atoms with van der Waals surface area (Å²) in [6.07, 6.45) is 3.53. The number of imidazole rings is 1. The van der Waals surface area contributed by atoms with Crippen molar-refractivity contribution in [3.63, 3.8) is 0 Å². The van der Waals surface area contributed by atoms with E-state index < -0.39 is 0 Å². The molecule has 2 heterocycles. The number of hydrogen-bond acceptors (Lipinski definition) is 1. The minimum atomic E-state index is 0.600. The van der Waals surface area contributed by atoms with E-state index in [2.05, 4.69) is 33.2 Å². The average Bonchev–Trinajstić information content (AvgIpc) is 3.13. The fraction of sp³-hybridized carbons (Fsp3) is 0. The highest BCUT2D eigenvalue weighted by atomic mass is 35.5. The highest BCUT2D eigenvalue weighted by Gasteiger charge is 2.17. The van der Waals surface area contributed by atoms with Gasteiger partial charge in [-0.2, -0.15) is 0 Å². The quantitative estimate of drug-likeness (QED) is 0.543. The van der Waals surface area contributed by atoms with Gasteiger partial charge in [-0.25, -0.2) is 4.98 Å². The number of rotatable bonds is 2. The lowest BCUT2D eigenvalue weighted by Crippen LogP contribution is -1.83. The summed E-state index contributed by atoms with van der Waals surface area (Å²) in [4.78, 5) is 10.7. The van der Waals surface area contributed by atoms with Gasteiger partial charge in [0, 0.05) is 23.3 Å². The molecular weight excluding hydrogens is 282 g/mol. The molecule has 0 atom stereocenters. The van der Waals surface area contributed by atoms with Crippen molar-refractivity contribution in [2.24, 2.45) is 0 Å². The Kier molecular flexibility index (Phi) is 2.79. The van der Waals surface area contributed by atoms with Crippen molar-refractivity contribution < 1.29 is 0 Å². The highest BCUT2D eigenvalue weighted by molar-refractivity contribution is 6.35. The predicted molar refractivity (Wildman–Crippen MR) is 86.3 cm³/mol. The van der Waals surface area contributed by atoms with Crippen molar-refractivity contribution in [1.29, 1.82) is 0 Å². The van der Waals surface area contributed by atoms with Crippen LogP contribution in [0, 0.1) is 0 Å². The third kappa shape index (κ3) is 1.94. The molecule has 4 heteroatoms. The summed E-state index contributed by atoms with van der Waals surface area (Å²) < 4.78 is 0. The van der Waals surface area contributed by atoms with E-state index in [0.29, 0.717) is 5.15 Å². The minimum absolute atomic E-state index is 0.600. The third-order valence-electron chi connectivity index (χ3n) is 3.60. The first-order valence-electron chi connectivity index (χ1n) is 6.70. The minimum Gasteiger partial charge on any atom is -0.345 e. The van der Waals surface area contributed by atoms with E-state index in [9.17, 15) is 0 Å². The van der Waals surface area contributed by atoms with Crippen molar-refractivity contribution >= 4 is 22.5 Å². The molecule has 4 rings (SSSR count). The van der Waals surface area contributed by atoms with Crippen LogP contribution in [0.15, 0.2) is 60.9 Å². The molecule has 0 radical (unpaired) electrons. The van der Waals surface area contributed by atoms with E-state index in [4.69, 9.17) is 11.6 Å². The molecule has 102 valence electrons. The maximum Gasteiger partial charge on any atom is 0.141 e. The standard InChI is InChI=1S/C17H12ClN3/c18-16-15(17-19-9-10-20-17)14-12(7-4-8-13(14)21-16)11-5-2-1-3-6-11/h1-10,21H,(H,19,20). The molecule has 0 aliphatic carbocycles. The summed E-state index contributed by atoms with van der Waals surface area (Å²) in [7, 11) is 0. The number of hydrogen-bond donors (Lipinski definition) is 2. The fourth-order valence-electron chi connectivity index (χ4n) is 2.70. The SMILES string of the molecule is Clc1[nH]c2cccc(-c3ccccc3)c2c1-c1ncc[nH]1. The van der Waals surface area contributed by atoms with Crippen molar-refractivity contribution in [2.45, 2.75) is 0 Å². The number of aromatic nitrogens is 3. The molecule has 0 spiro atoms. The van der Waals surface area contributed by atoms with Gasteiger partial charge >= 0.3 is 0 Å². The summed E-state index contributed by atoms with van der Waals surface area (Å²) in [6.45, 7) is 0. The Labute approximate surface area is 126 Å². The van der Waals surface area contributed by atoms with Gasteiger partial charge in [0.2, 0.25) is 0 Å². The average molecular weight is 294 g/mol. The molecule has 0 aliphatic heterocycles. The van der Waals surface area contributed by atoms with E-state index in [1.54, 1.807) is 12.4 Å². The van der Waals surface area contributed by atoms with Crippen LogP contribution < -0.4 is 0 Å². The lowest BCUT2D eigenvalue weighted by molar-refractivity contribution is 1.31. The lowest BCUT2D eigenvalue weighted by atomic mass is 9.99. The Balaban J connectivity index is 2.09. The van der Waals surface area contributed by atoms with Gasteiger partial charge in [-0.1, -0.05) is 54.1 Å². The number of nitrogens with zero attached hydrogens (tertiary/aromatic N) is 1. The van der Waals surface area contributed by atoms with Gasteiger partial charge in [-0.05, 0) is 17.2 Å². The molecule has 2 aromatic carbocycles. The van der Waals surface area contributed by atoms with E-state index in [1.807, 2.05) is 30.3 Å². The zero-order chi connectivity index (χ0) is 14.2. The van der Waals surface area contributed by atoms with E-state index in [0.717, 1.165) is 33.4 Å². The van der Waals surface area contributed by atoms with Crippen LogP contribution in [0.4, 0.5) is 0 Å². The zero-order valence-corrected chi connectivity index (χ0v) is 11.9. The number of aromatic amines is 2. The van der Waals surface area contributed by atoms with Crippen molar-refractivity contribution in [2.75, 3.05) is 0 Å². The topological polar surface area (TPSA) is 44.5 Å². The first kappa shape index (κ1) is 12.2. The Morgan fingerprint density at radius 2 is 1.81 bits per heavy atom. The van der Waals surface area contributed by atoms with Crippen LogP contribution in [0.2, 0.25) is 5.15 Å². The molecular formula is C17H12ClN3. The Hall–Kier alpha value is -2.52. The predicted octanol–water partition coefficient (Wildman–Crippen LogP) is 4.88. The Bertz CT molecular complexity index is 893. The molecule has 4 aromatic rings. The smallest absolute Gasteiger partial charge is 0.141 e. The zero-order valence-electron chi connectivity index (χ0n) is 11.1. The molecule has 0 saturated carbocycles. The number of halogens is 1. The van der Waals surface area contributed by atoms with Crippen molar-refractivity contribution in [3.05, 3.63) is 66.1 Å². The first-order chi connectivity index (χ1) is 10.3. The maximum atomic E-state index is 6.40. The Morgan fingerprint density at radius 1 is 0.952 bits per heavy atom. The van der Waals surface area contributed by atoms with Gasteiger partial charge in [0.25, 0.3) is 0 Å². The van der Waals surface area contributed by atoms with E-state index in [1.165, 1.54) is 0 Å². The molecule has 2 N–H and O–H groups in total. The second kappa shape index (κ2) is 4.79. The molecule has 3 nitrogen and oxygen atoms in total. The summed E-state index contributed by atoms with van der Waals surface area (Å²) in [5.41, 5.74) is 4.22. The molecule has 0 fully saturated rings. The van der Waals surface area contributed by atoms with E-state index >= 15 is 0 Å². The van der Waals surface area contributed by atoms with Crippen LogP contribution in [-0.2, 0) is 0 Å². The van der Waals surface area contributed by atoms with Gasteiger partial charge in [0.1, 0.15) is 11.0 Å². The highest BCUT2D eigenvalue weighted by Crippen LogP contribution is 2.39. The lowest BCUT2D eigenvalue weighted by Gasteiger charge is -2.05. The molecule has 0 unspecified atom stereocenters. The Morgan fingerprint density at radius 3 is 2.57 bits per heavy atom. The van der Waals surface area contributed by atoms with Gasteiger partial charge in [0.15, 0.2) is 0 Å². The fourth-order valence-corrected chi connectivity index (χ4v) is 2.98. The molecule has 0 saturated heterocycles. The number of H-pyrrole nitrogens is 2. The molecule has 21 heavy (non-hydrogen) atoms. The van der Waals surface area contributed by atoms with Crippen LogP contribution in [0.25, 0.3) is 33.4 Å². The van der Waals surface area contributed by atoms with Gasteiger partial charge in [-0.15, -0.1) is 0 Å². The van der Waals surface area contributed by atoms with E-state index in [-0.39, 0.29) is 0 Å². The molecule has 2 aromatic heterocycles. The van der Waals surface area contributed by atoms with Crippen LogP contribution in [-0.4, -0.2) is 15.0 Å². The second-order valence-electron chi connectivity index (χ2n) is 4.85. The molecule has 0 bridgehead atoms. The maximum absolute atomic E-state index is 6.40. The normalized spacial score (nSPS) is 11.1. The largest absolute Gasteiger partial charge is 0.345 e. The van der Waals surface area contributed by atoms with Gasteiger partial charge in [0.05, 0.1) is 5.56 Å². The first-order valence-corrected chi connectivity index (χ1v) is 7.08. The second-order valence-corrected chi connectivity index (χ2v) is 5.22. The number of nitrogens with one attached hydrogen (secondary N) is 2. The van der Waals surface area contributed by atoms with Gasteiger partial charge < -0.3 is 9.97 Å². The number of benzene rings is 2. The summed E-state index contributed by atoms with van der Waals surface area (Å²) in [5, 5.41) is 1.69. The van der Waals surface area contributed by atoms with Crippen molar-refractivity contribution in [3.8, 4) is 22.5 Å². The van der Waals surface area contributed by atoms with Crippen LogP contribution in [0.5, 0.6) is 0 Å². The van der Waals surface area contributed by atoms with Crippen LogP contribution >= 0.6 is 11.6 Å². The monoisotopic (exact) mass is 293 g/mol. The summed E-state index contributed by atoms with van der Waals surface area (Å²) in [6, 6.07) is 16.5. The van der Waals surface area contributed by atoms with Crippen LogP contribution in [0.3, 0.4) is 0 Å². The summed E-state index contributed by atoms with van der Waals surface area (Å²) in [5.74, 6) is 0.773. The van der Waals surface area contributed by atoms with Gasteiger partial charge in [-0.3, -0.25) is 0 Å². The van der Waals surface area contributed by atoms with Crippen LogP contribution in [0.1, 0.15) is 0 Å². The third-order valence-corrected chi connectivity index (χ3v) is 3.88. The number of fused-ring (bicyclic) bond motifs is 1. The van der Waals surface area contributed by atoms with Crippen molar-refractivity contribution in [1.82, 2.24) is 15.0 Å². The molecule has 0 amide bonds. The summed E-state index contributed by atoms with van der Waals surface area (Å²) >= 11 is 6.40. The molecule has 0 aliphatic rings.